The highest BCUT2D eigenvalue weighted by molar-refractivity contribution is 5.15. The van der Waals surface area contributed by atoms with Crippen molar-refractivity contribution in [3.05, 3.63) is 23.4 Å². The topological polar surface area (TPSA) is 78.1 Å². The summed E-state index contributed by atoms with van der Waals surface area (Å²) >= 11 is 0. The fourth-order valence-electron chi connectivity index (χ4n) is 1.91. The van der Waals surface area contributed by atoms with E-state index in [0.717, 1.165) is 10.1 Å². The van der Waals surface area contributed by atoms with E-state index in [-0.39, 0.29) is 0 Å². The SMILES string of the molecule is CC1(C)N([O])C(c2cnc[nH]2)N([O-])C1(C)C. The molecule has 2 rings (SSSR count). The quantitative estimate of drug-likeness (QED) is 0.782. The average Bonchev–Trinajstić information content (AvgIpc) is 2.73. The molecule has 0 unspecified atom stereocenters. The monoisotopic (exact) mass is 224 g/mol. The number of rotatable bonds is 1. The Labute approximate surface area is 94.4 Å². The summed E-state index contributed by atoms with van der Waals surface area (Å²) < 4.78 is 0. The summed E-state index contributed by atoms with van der Waals surface area (Å²) in [6.45, 7) is 7.12. The summed E-state index contributed by atoms with van der Waals surface area (Å²) in [4.78, 5) is 6.67. The molecule has 0 amide bonds. The summed E-state index contributed by atoms with van der Waals surface area (Å²) in [6.07, 6.45) is 2.14. The van der Waals surface area contributed by atoms with Crippen LogP contribution in [-0.4, -0.2) is 31.2 Å². The Hall–Kier alpha value is -0.950. The first-order valence-electron chi connectivity index (χ1n) is 5.21. The molecule has 0 aromatic carbocycles. The Morgan fingerprint density at radius 2 is 2.00 bits per heavy atom. The van der Waals surface area contributed by atoms with Crippen LogP contribution in [0.4, 0.5) is 0 Å². The van der Waals surface area contributed by atoms with Gasteiger partial charge in [0.15, 0.2) is 0 Å². The molecule has 0 aliphatic carbocycles. The van der Waals surface area contributed by atoms with E-state index in [1.54, 1.807) is 27.7 Å². The number of aromatic nitrogens is 2. The fourth-order valence-corrected chi connectivity index (χ4v) is 1.91. The van der Waals surface area contributed by atoms with Gasteiger partial charge in [-0.05, 0) is 27.7 Å². The molecular formula is C10H16N4O2-. The molecule has 16 heavy (non-hydrogen) atoms. The number of hydroxylamine groups is 4. The minimum atomic E-state index is -0.840. The van der Waals surface area contributed by atoms with Gasteiger partial charge in [0.2, 0.25) is 0 Å². The van der Waals surface area contributed by atoms with E-state index in [4.69, 9.17) is 0 Å². The van der Waals surface area contributed by atoms with Gasteiger partial charge in [-0.15, -0.1) is 10.3 Å². The van der Waals surface area contributed by atoms with Gasteiger partial charge < -0.3 is 15.3 Å². The molecular weight excluding hydrogens is 208 g/mol. The first-order valence-corrected chi connectivity index (χ1v) is 5.21. The lowest BCUT2D eigenvalue weighted by Crippen LogP contribution is -2.51. The van der Waals surface area contributed by atoms with Gasteiger partial charge in [-0.2, -0.15) is 0 Å². The Morgan fingerprint density at radius 3 is 2.38 bits per heavy atom. The zero-order valence-electron chi connectivity index (χ0n) is 9.89. The Bertz CT molecular complexity index is 354. The van der Waals surface area contributed by atoms with Gasteiger partial charge in [0, 0.05) is 5.54 Å². The van der Waals surface area contributed by atoms with Gasteiger partial charge >= 0.3 is 0 Å². The minimum Gasteiger partial charge on any atom is -0.783 e. The molecule has 1 aromatic heterocycles. The van der Waals surface area contributed by atoms with Crippen LogP contribution in [0.3, 0.4) is 0 Å². The van der Waals surface area contributed by atoms with Gasteiger partial charge in [-0.1, -0.05) is 0 Å². The van der Waals surface area contributed by atoms with E-state index >= 15 is 0 Å². The van der Waals surface area contributed by atoms with E-state index in [2.05, 4.69) is 9.97 Å². The Balaban J connectivity index is 2.44. The molecule has 1 saturated heterocycles. The summed E-state index contributed by atoms with van der Waals surface area (Å²) in [5.41, 5.74) is -0.960. The lowest BCUT2D eigenvalue weighted by atomic mass is 9.84. The summed E-state index contributed by atoms with van der Waals surface area (Å²) in [6, 6.07) is 0. The summed E-state index contributed by atoms with van der Waals surface area (Å²) in [5.74, 6) is 0. The van der Waals surface area contributed by atoms with Gasteiger partial charge in [-0.3, -0.25) is 0 Å². The van der Waals surface area contributed by atoms with Crippen molar-refractivity contribution in [2.75, 3.05) is 0 Å². The molecule has 1 radical (unpaired) electrons. The summed E-state index contributed by atoms with van der Waals surface area (Å²) in [5, 5.41) is 26.0. The molecule has 1 aliphatic heterocycles. The van der Waals surface area contributed by atoms with Crippen molar-refractivity contribution >= 4 is 0 Å². The molecule has 1 fully saturated rings. The number of nitrogens with zero attached hydrogens (tertiary/aromatic N) is 3. The van der Waals surface area contributed by atoms with Gasteiger partial charge in [0.1, 0.15) is 6.17 Å². The van der Waals surface area contributed by atoms with Crippen molar-refractivity contribution in [3.8, 4) is 0 Å². The van der Waals surface area contributed by atoms with Crippen LogP contribution < -0.4 is 0 Å². The number of nitrogens with one attached hydrogen (secondary N) is 1. The van der Waals surface area contributed by atoms with Crippen LogP contribution in [0, 0.1) is 5.21 Å². The smallest absolute Gasteiger partial charge is 0.122 e. The Kier molecular flexibility index (Phi) is 2.36. The van der Waals surface area contributed by atoms with Crippen LogP contribution in [-0.2, 0) is 5.21 Å². The van der Waals surface area contributed by atoms with Gasteiger partial charge in [0.05, 0.1) is 23.8 Å². The second-order valence-corrected chi connectivity index (χ2v) is 5.15. The van der Waals surface area contributed by atoms with Crippen LogP contribution in [0.15, 0.2) is 12.5 Å². The van der Waals surface area contributed by atoms with E-state index < -0.39 is 17.2 Å². The second-order valence-electron chi connectivity index (χ2n) is 5.15. The largest absolute Gasteiger partial charge is 0.783 e. The van der Waals surface area contributed by atoms with Crippen molar-refractivity contribution in [2.24, 2.45) is 0 Å². The molecule has 1 N–H and O–H groups in total. The van der Waals surface area contributed by atoms with Gasteiger partial charge in [-0.25, -0.2) is 4.98 Å². The second kappa shape index (κ2) is 3.27. The van der Waals surface area contributed by atoms with Crippen molar-refractivity contribution in [3.63, 3.8) is 0 Å². The molecule has 0 saturated carbocycles. The first-order chi connectivity index (χ1) is 7.30. The molecule has 2 heterocycles. The molecule has 89 valence electrons. The summed E-state index contributed by atoms with van der Waals surface area (Å²) in [7, 11) is 0. The molecule has 0 bridgehead atoms. The molecule has 0 spiro atoms. The number of imidazole rings is 1. The van der Waals surface area contributed by atoms with Gasteiger partial charge in [0.25, 0.3) is 0 Å². The number of aromatic amines is 1. The fraction of sp³-hybridized carbons (Fsp3) is 0.700. The first kappa shape index (κ1) is 11.5. The van der Waals surface area contributed by atoms with E-state index in [0.29, 0.717) is 5.69 Å². The predicted molar refractivity (Wildman–Crippen MR) is 57.2 cm³/mol. The minimum absolute atomic E-state index is 0.531. The molecule has 0 atom stereocenters. The maximum atomic E-state index is 12.2. The van der Waals surface area contributed by atoms with Crippen molar-refractivity contribution < 1.29 is 5.21 Å². The van der Waals surface area contributed by atoms with Crippen molar-refractivity contribution in [1.29, 1.82) is 0 Å². The highest BCUT2D eigenvalue weighted by atomic mass is 16.6. The lowest BCUT2D eigenvalue weighted by molar-refractivity contribution is -0.232. The van der Waals surface area contributed by atoms with E-state index in [9.17, 15) is 10.4 Å². The van der Waals surface area contributed by atoms with Crippen LogP contribution >= 0.6 is 0 Å². The third-order valence-electron chi connectivity index (χ3n) is 3.84. The zero-order valence-corrected chi connectivity index (χ0v) is 9.89. The molecule has 1 aromatic rings. The third-order valence-corrected chi connectivity index (χ3v) is 3.84. The van der Waals surface area contributed by atoms with Crippen LogP contribution in [0.25, 0.3) is 0 Å². The van der Waals surface area contributed by atoms with Crippen molar-refractivity contribution in [2.45, 2.75) is 44.9 Å². The number of hydrogen-bond donors (Lipinski definition) is 1. The molecule has 6 heteroatoms. The number of H-pyrrole nitrogens is 1. The van der Waals surface area contributed by atoms with Crippen LogP contribution in [0.5, 0.6) is 0 Å². The standard InChI is InChI=1S/C10H16N4O2/c1-9(2)10(3,4)14(16)8(13(9)15)7-5-11-6-12-7/h5-6,8H,1-4H3,(H,11,12)/q-1. The molecule has 1 aliphatic rings. The maximum absolute atomic E-state index is 12.2. The number of hydrogen-bond acceptors (Lipinski definition) is 4. The zero-order chi connectivity index (χ0) is 12.1. The highest BCUT2D eigenvalue weighted by Gasteiger charge is 2.55. The lowest BCUT2D eigenvalue weighted by Gasteiger charge is -2.44. The normalized spacial score (nSPS) is 29.8. The Morgan fingerprint density at radius 1 is 1.38 bits per heavy atom. The van der Waals surface area contributed by atoms with E-state index in [1.807, 2.05) is 0 Å². The van der Waals surface area contributed by atoms with Crippen LogP contribution in [0.2, 0.25) is 0 Å². The third kappa shape index (κ3) is 1.24. The van der Waals surface area contributed by atoms with Crippen LogP contribution in [0.1, 0.15) is 39.6 Å². The predicted octanol–water partition coefficient (Wildman–Crippen LogP) is 1.43. The van der Waals surface area contributed by atoms with Crippen molar-refractivity contribution in [1.82, 2.24) is 20.1 Å². The highest BCUT2D eigenvalue weighted by Crippen LogP contribution is 2.47. The molecule has 6 nitrogen and oxygen atoms in total. The average molecular weight is 224 g/mol. The van der Waals surface area contributed by atoms with E-state index in [1.165, 1.54) is 12.5 Å². The maximum Gasteiger partial charge on any atom is 0.122 e.